The summed E-state index contributed by atoms with van der Waals surface area (Å²) in [7, 11) is 0. The van der Waals surface area contributed by atoms with Crippen LogP contribution in [-0.4, -0.2) is 61.4 Å². The van der Waals surface area contributed by atoms with Crippen molar-refractivity contribution in [1.82, 2.24) is 0 Å². The van der Waals surface area contributed by atoms with Crippen molar-refractivity contribution in [3.8, 4) is 5.75 Å². The number of benzene rings is 1. The van der Waals surface area contributed by atoms with E-state index < -0.39 is 35.9 Å². The average molecular weight is 366 g/mol. The van der Waals surface area contributed by atoms with Gasteiger partial charge in [0.25, 0.3) is 0 Å². The first-order valence-corrected chi connectivity index (χ1v) is 8.16. The molecule has 0 amide bonds. The minimum atomic E-state index is -1.54. The molecule has 1 aliphatic rings. The summed E-state index contributed by atoms with van der Waals surface area (Å²) in [5, 5.41) is 48.3. The molecule has 0 saturated heterocycles. The second kappa shape index (κ2) is 8.31. The highest BCUT2D eigenvalue weighted by Gasteiger charge is 2.45. The Hall–Kier alpha value is -2.42. The number of rotatable bonds is 6. The Balaban J connectivity index is 1.99. The van der Waals surface area contributed by atoms with Crippen molar-refractivity contribution in [3.63, 3.8) is 0 Å². The molecule has 0 spiro atoms. The standard InChI is InChI=1S/C18H22O8/c19-12-4-1-11(2-5-12)3-6-16(23)26-14-10-18(25,8-7-15(21)22)9-13(20)17(14)24/h1-6,13-14,17,19-20,24-25H,7-10H2,(H,21,22)/b6-3+/t13-,14-,17-,18+/m1/s1. The fourth-order valence-electron chi connectivity index (χ4n) is 2.93. The van der Waals surface area contributed by atoms with Gasteiger partial charge in [0.2, 0.25) is 0 Å². The number of phenolic OH excluding ortho intramolecular Hbond substituents is 1. The van der Waals surface area contributed by atoms with E-state index in [1.165, 1.54) is 18.2 Å². The molecule has 1 aliphatic carbocycles. The number of carbonyl (C=O) groups excluding carboxylic acids is 1. The number of carboxylic acids is 1. The Bertz CT molecular complexity index is 668. The lowest BCUT2D eigenvalue weighted by Gasteiger charge is -2.41. The molecule has 0 radical (unpaired) electrons. The maximum atomic E-state index is 12.0. The molecule has 1 fully saturated rings. The van der Waals surface area contributed by atoms with Crippen LogP contribution in [0.3, 0.4) is 0 Å². The number of aliphatic hydroxyl groups is 3. The Morgan fingerprint density at radius 2 is 1.85 bits per heavy atom. The molecule has 5 N–H and O–H groups in total. The lowest BCUT2D eigenvalue weighted by Crippen LogP contribution is -2.54. The van der Waals surface area contributed by atoms with Gasteiger partial charge in [0.1, 0.15) is 18.0 Å². The smallest absolute Gasteiger partial charge is 0.331 e. The van der Waals surface area contributed by atoms with E-state index in [9.17, 15) is 30.0 Å². The van der Waals surface area contributed by atoms with Crippen molar-refractivity contribution in [2.45, 2.75) is 49.6 Å². The minimum absolute atomic E-state index is 0.0877. The Labute approximate surface area is 150 Å². The Kier molecular flexibility index (Phi) is 6.36. The lowest BCUT2D eigenvalue weighted by atomic mass is 9.77. The van der Waals surface area contributed by atoms with Gasteiger partial charge in [-0.2, -0.15) is 0 Å². The summed E-state index contributed by atoms with van der Waals surface area (Å²) < 4.78 is 5.13. The number of carbonyl (C=O) groups is 2. The normalized spacial score (nSPS) is 28.8. The van der Waals surface area contributed by atoms with E-state index in [2.05, 4.69) is 0 Å². The number of aromatic hydroxyl groups is 1. The van der Waals surface area contributed by atoms with Crippen molar-refractivity contribution in [1.29, 1.82) is 0 Å². The van der Waals surface area contributed by atoms with Gasteiger partial charge >= 0.3 is 11.9 Å². The van der Waals surface area contributed by atoms with Crippen molar-refractivity contribution in [2.75, 3.05) is 0 Å². The topological polar surface area (TPSA) is 145 Å². The molecule has 1 saturated carbocycles. The van der Waals surface area contributed by atoms with Crippen LogP contribution in [0.15, 0.2) is 30.3 Å². The number of esters is 1. The molecule has 0 aromatic heterocycles. The first-order valence-electron chi connectivity index (χ1n) is 8.16. The van der Waals surface area contributed by atoms with Crippen LogP contribution in [0, 0.1) is 0 Å². The van der Waals surface area contributed by atoms with Crippen molar-refractivity contribution in [2.24, 2.45) is 0 Å². The number of aliphatic hydroxyl groups excluding tert-OH is 2. The van der Waals surface area contributed by atoms with Gasteiger partial charge in [0, 0.05) is 25.3 Å². The van der Waals surface area contributed by atoms with Crippen molar-refractivity contribution >= 4 is 18.0 Å². The third-order valence-electron chi connectivity index (χ3n) is 4.32. The van der Waals surface area contributed by atoms with E-state index in [1.54, 1.807) is 12.1 Å². The summed E-state index contributed by atoms with van der Waals surface area (Å²) in [6, 6.07) is 6.08. The zero-order chi connectivity index (χ0) is 19.3. The highest BCUT2D eigenvalue weighted by Crippen LogP contribution is 2.34. The summed E-state index contributed by atoms with van der Waals surface area (Å²) in [5.41, 5.74) is -0.898. The highest BCUT2D eigenvalue weighted by atomic mass is 16.6. The zero-order valence-electron chi connectivity index (χ0n) is 14.0. The molecule has 0 bridgehead atoms. The fourth-order valence-corrected chi connectivity index (χ4v) is 2.93. The van der Waals surface area contributed by atoms with E-state index in [0.29, 0.717) is 5.56 Å². The van der Waals surface area contributed by atoms with Crippen LogP contribution in [0.5, 0.6) is 5.75 Å². The zero-order valence-corrected chi connectivity index (χ0v) is 14.0. The highest BCUT2D eigenvalue weighted by molar-refractivity contribution is 5.87. The number of carboxylic acid groups (broad SMARTS) is 1. The molecule has 8 nitrogen and oxygen atoms in total. The van der Waals surface area contributed by atoms with Gasteiger partial charge in [-0.15, -0.1) is 0 Å². The first kappa shape index (κ1) is 19.9. The Morgan fingerprint density at radius 1 is 1.19 bits per heavy atom. The van der Waals surface area contributed by atoms with Crippen molar-refractivity contribution < 1.29 is 39.9 Å². The largest absolute Gasteiger partial charge is 0.508 e. The third kappa shape index (κ3) is 5.55. The molecule has 8 heteroatoms. The predicted molar refractivity (Wildman–Crippen MR) is 90.1 cm³/mol. The van der Waals surface area contributed by atoms with Gasteiger partial charge in [0.05, 0.1) is 11.7 Å². The van der Waals surface area contributed by atoms with Gasteiger partial charge in [0.15, 0.2) is 0 Å². The average Bonchev–Trinajstić information content (AvgIpc) is 2.57. The molecular weight excluding hydrogens is 344 g/mol. The van der Waals surface area contributed by atoms with Crippen LogP contribution in [0.2, 0.25) is 0 Å². The van der Waals surface area contributed by atoms with Crippen molar-refractivity contribution in [3.05, 3.63) is 35.9 Å². The molecule has 4 atom stereocenters. The first-order chi connectivity index (χ1) is 12.2. The molecule has 1 aromatic rings. The minimum Gasteiger partial charge on any atom is -0.508 e. The van der Waals surface area contributed by atoms with E-state index in [4.69, 9.17) is 9.84 Å². The summed E-state index contributed by atoms with van der Waals surface area (Å²) in [5.74, 6) is -1.79. The SMILES string of the molecule is O=C(O)CC[C@]1(O)C[C@@H](O)[C@@H](O)[C@H](OC(=O)/C=C/c2ccc(O)cc2)C1. The summed E-state index contributed by atoms with van der Waals surface area (Å²) in [6.07, 6.45) is -2.08. The maximum Gasteiger partial charge on any atom is 0.331 e. The van der Waals surface area contributed by atoms with E-state index >= 15 is 0 Å². The molecule has 26 heavy (non-hydrogen) atoms. The van der Waals surface area contributed by atoms with Crippen LogP contribution >= 0.6 is 0 Å². The van der Waals surface area contributed by atoms with Crippen LogP contribution in [0.4, 0.5) is 0 Å². The molecule has 0 heterocycles. The predicted octanol–water partition coefficient (Wildman–Crippen LogP) is 0.429. The fraction of sp³-hybridized carbons (Fsp3) is 0.444. The number of ether oxygens (including phenoxy) is 1. The summed E-state index contributed by atoms with van der Waals surface area (Å²) in [4.78, 5) is 22.7. The molecular formula is C18H22O8. The van der Waals surface area contributed by atoms with Gasteiger partial charge in [-0.1, -0.05) is 12.1 Å². The number of hydrogen-bond acceptors (Lipinski definition) is 7. The van der Waals surface area contributed by atoms with Gasteiger partial charge in [-0.3, -0.25) is 4.79 Å². The molecule has 0 unspecified atom stereocenters. The number of hydrogen-bond donors (Lipinski definition) is 5. The van der Waals surface area contributed by atoms with Crippen LogP contribution in [0.1, 0.15) is 31.2 Å². The van der Waals surface area contributed by atoms with Gasteiger partial charge in [-0.25, -0.2) is 4.79 Å². The third-order valence-corrected chi connectivity index (χ3v) is 4.32. The van der Waals surface area contributed by atoms with Crippen LogP contribution in [-0.2, 0) is 14.3 Å². The van der Waals surface area contributed by atoms with Gasteiger partial charge in [-0.05, 0) is 30.2 Å². The van der Waals surface area contributed by atoms with E-state index in [0.717, 1.165) is 6.08 Å². The monoisotopic (exact) mass is 366 g/mol. The van der Waals surface area contributed by atoms with Gasteiger partial charge < -0.3 is 30.3 Å². The second-order valence-corrected chi connectivity index (χ2v) is 6.48. The maximum absolute atomic E-state index is 12.0. The summed E-state index contributed by atoms with van der Waals surface area (Å²) in [6.45, 7) is 0. The van der Waals surface area contributed by atoms with Crippen LogP contribution < -0.4 is 0 Å². The number of aliphatic carboxylic acids is 1. The Morgan fingerprint density at radius 3 is 2.46 bits per heavy atom. The molecule has 0 aliphatic heterocycles. The van der Waals surface area contributed by atoms with E-state index in [1.807, 2.05) is 0 Å². The summed E-state index contributed by atoms with van der Waals surface area (Å²) >= 11 is 0. The quantitative estimate of drug-likeness (QED) is 0.360. The molecule has 2 rings (SSSR count). The lowest BCUT2D eigenvalue weighted by molar-refractivity contribution is -0.183. The van der Waals surface area contributed by atoms with E-state index in [-0.39, 0.29) is 31.4 Å². The molecule has 142 valence electrons. The van der Waals surface area contributed by atoms with Crippen LogP contribution in [0.25, 0.3) is 6.08 Å². The second-order valence-electron chi connectivity index (χ2n) is 6.48. The number of phenols is 1. The molecule has 1 aromatic carbocycles.